The van der Waals surface area contributed by atoms with Crippen molar-refractivity contribution in [2.45, 2.75) is 62.7 Å². The van der Waals surface area contributed by atoms with Gasteiger partial charge in [0.05, 0.1) is 16.5 Å². The van der Waals surface area contributed by atoms with Crippen LogP contribution in [0.1, 0.15) is 44.9 Å². The number of nitrogens with zero attached hydrogens (tertiary/aromatic N) is 3. The molecule has 3 aromatic carbocycles. The Morgan fingerprint density at radius 3 is 2.37 bits per heavy atom. The number of rotatable bonds is 7. The maximum atomic E-state index is 13.7. The van der Waals surface area contributed by atoms with Gasteiger partial charge in [-0.1, -0.05) is 66.4 Å². The number of fused-ring (bicyclic) bond motifs is 2. The monoisotopic (exact) mass is 574 g/mol. The Bertz CT molecular complexity index is 1570. The van der Waals surface area contributed by atoms with Gasteiger partial charge < -0.3 is 15.0 Å². The summed E-state index contributed by atoms with van der Waals surface area (Å²) < 4.78 is 6.58. The number of likely N-dealkylation sites (tertiary alicyclic amines) is 1. The first-order valence-electron chi connectivity index (χ1n) is 13.8. The average molecular weight is 575 g/mol. The van der Waals surface area contributed by atoms with Crippen LogP contribution in [0.25, 0.3) is 21.7 Å². The SMILES string of the molecule is CCn1c(SC(C(=O)N2CCC(NC=O)C2)c2ccccc2)nc2cc3ccccc3cc2c1=O.COC(C)(C)C. The molecule has 2 unspecified atom stereocenters. The summed E-state index contributed by atoms with van der Waals surface area (Å²) in [4.78, 5) is 44.7. The van der Waals surface area contributed by atoms with Crippen LogP contribution in [0, 0.1) is 0 Å². The smallest absolute Gasteiger partial charge is 0.262 e. The number of benzene rings is 3. The number of amides is 2. The van der Waals surface area contributed by atoms with Crippen LogP contribution in [0.15, 0.2) is 76.7 Å². The molecule has 1 aliphatic heterocycles. The molecule has 9 heteroatoms. The zero-order valence-corrected chi connectivity index (χ0v) is 25.1. The summed E-state index contributed by atoms with van der Waals surface area (Å²) in [7, 11) is 1.71. The number of hydrogen-bond acceptors (Lipinski definition) is 6. The Hall–Kier alpha value is -3.69. The number of methoxy groups -OCH3 is 1. The predicted molar refractivity (Wildman–Crippen MR) is 165 cm³/mol. The minimum absolute atomic E-state index is 0.0417. The molecule has 0 aliphatic carbocycles. The summed E-state index contributed by atoms with van der Waals surface area (Å²) in [6.45, 7) is 9.47. The van der Waals surface area contributed by atoms with Crippen molar-refractivity contribution in [2.24, 2.45) is 0 Å². The van der Waals surface area contributed by atoms with Gasteiger partial charge in [0, 0.05) is 32.8 Å². The molecule has 0 spiro atoms. The van der Waals surface area contributed by atoms with Gasteiger partial charge in [0.15, 0.2) is 5.16 Å². The molecule has 1 aliphatic rings. The van der Waals surface area contributed by atoms with Crippen molar-refractivity contribution in [3.8, 4) is 0 Å². The molecule has 2 amide bonds. The first kappa shape index (κ1) is 30.3. The molecule has 1 fully saturated rings. The minimum Gasteiger partial charge on any atom is -0.379 e. The van der Waals surface area contributed by atoms with Crippen molar-refractivity contribution in [3.63, 3.8) is 0 Å². The third-order valence-corrected chi connectivity index (χ3v) is 8.30. The van der Waals surface area contributed by atoms with Crippen molar-refractivity contribution < 1.29 is 14.3 Å². The van der Waals surface area contributed by atoms with Crippen molar-refractivity contribution in [3.05, 3.63) is 82.6 Å². The maximum Gasteiger partial charge on any atom is 0.262 e. The van der Waals surface area contributed by atoms with Crippen LogP contribution in [0.3, 0.4) is 0 Å². The van der Waals surface area contributed by atoms with Crippen LogP contribution in [0.4, 0.5) is 0 Å². The van der Waals surface area contributed by atoms with E-state index in [2.05, 4.69) is 5.32 Å². The minimum atomic E-state index is -0.561. The summed E-state index contributed by atoms with van der Waals surface area (Å²) >= 11 is 1.31. The Kier molecular flexibility index (Phi) is 9.83. The molecule has 0 bridgehead atoms. The van der Waals surface area contributed by atoms with E-state index in [1.807, 2.05) is 94.4 Å². The van der Waals surface area contributed by atoms with Crippen molar-refractivity contribution >= 4 is 45.8 Å². The standard InChI is InChI=1S/C27H26N4O3S.C5H12O/c1-2-31-25(33)22-14-19-10-6-7-11-20(19)15-23(22)29-27(31)35-24(18-8-4-3-5-9-18)26(34)30-13-12-21(16-30)28-17-32;1-5(2,3)6-4/h3-11,14-15,17,21,24H,2,12-13,16H2,1H3,(H,28,32);1-4H3. The van der Waals surface area contributed by atoms with Gasteiger partial charge >= 0.3 is 0 Å². The number of nitrogens with one attached hydrogen (secondary N) is 1. The second-order valence-corrected chi connectivity index (χ2v) is 12.0. The van der Waals surface area contributed by atoms with Crippen LogP contribution in [-0.4, -0.2) is 58.6 Å². The van der Waals surface area contributed by atoms with Crippen molar-refractivity contribution in [2.75, 3.05) is 20.2 Å². The van der Waals surface area contributed by atoms with Crippen LogP contribution < -0.4 is 10.9 Å². The van der Waals surface area contributed by atoms with E-state index in [1.165, 1.54) is 11.8 Å². The highest BCUT2D eigenvalue weighted by Gasteiger charge is 2.33. The zero-order chi connectivity index (χ0) is 29.6. The van der Waals surface area contributed by atoms with E-state index in [1.54, 1.807) is 16.6 Å². The van der Waals surface area contributed by atoms with E-state index < -0.39 is 5.25 Å². The lowest BCUT2D eigenvalue weighted by Crippen LogP contribution is -2.36. The number of carbonyl (C=O) groups is 2. The van der Waals surface area contributed by atoms with E-state index in [0.29, 0.717) is 42.1 Å². The lowest BCUT2D eigenvalue weighted by Gasteiger charge is -2.24. The summed E-state index contributed by atoms with van der Waals surface area (Å²) in [5.41, 5.74) is 1.41. The van der Waals surface area contributed by atoms with Crippen molar-refractivity contribution in [1.29, 1.82) is 0 Å². The third kappa shape index (κ3) is 7.34. The van der Waals surface area contributed by atoms with Gasteiger partial charge in [0.1, 0.15) is 5.25 Å². The molecule has 1 N–H and O–H groups in total. The van der Waals surface area contributed by atoms with E-state index in [9.17, 15) is 14.4 Å². The van der Waals surface area contributed by atoms with Crippen LogP contribution >= 0.6 is 11.8 Å². The average Bonchev–Trinajstić information content (AvgIpc) is 3.44. The van der Waals surface area contributed by atoms with Gasteiger partial charge in [-0.2, -0.15) is 0 Å². The van der Waals surface area contributed by atoms with Gasteiger partial charge in [0.2, 0.25) is 12.3 Å². The van der Waals surface area contributed by atoms with E-state index in [0.717, 1.165) is 22.8 Å². The molecule has 2 heterocycles. The maximum absolute atomic E-state index is 13.7. The molecular weight excluding hydrogens is 536 g/mol. The lowest BCUT2D eigenvalue weighted by atomic mass is 10.1. The fraction of sp³-hybridized carbons (Fsp3) is 0.375. The molecule has 8 nitrogen and oxygen atoms in total. The van der Waals surface area contributed by atoms with Crippen LogP contribution in [0.2, 0.25) is 0 Å². The number of hydrogen-bond donors (Lipinski definition) is 1. The van der Waals surface area contributed by atoms with Gasteiger partial charge in [-0.25, -0.2) is 4.98 Å². The Morgan fingerprint density at radius 1 is 1.12 bits per heavy atom. The Morgan fingerprint density at radius 2 is 1.76 bits per heavy atom. The summed E-state index contributed by atoms with van der Waals surface area (Å²) in [6.07, 6.45) is 1.41. The predicted octanol–water partition coefficient (Wildman–Crippen LogP) is 5.18. The molecule has 2 atom stereocenters. The molecule has 1 aromatic heterocycles. The van der Waals surface area contributed by atoms with Crippen LogP contribution in [0.5, 0.6) is 0 Å². The largest absolute Gasteiger partial charge is 0.379 e. The molecule has 0 saturated carbocycles. The second kappa shape index (κ2) is 13.3. The van der Waals surface area contributed by atoms with E-state index >= 15 is 0 Å². The number of carbonyl (C=O) groups excluding carboxylic acids is 2. The zero-order valence-electron chi connectivity index (χ0n) is 24.3. The lowest BCUT2D eigenvalue weighted by molar-refractivity contribution is -0.129. The van der Waals surface area contributed by atoms with Gasteiger partial charge in [-0.05, 0) is 62.6 Å². The Balaban J connectivity index is 0.000000585. The van der Waals surface area contributed by atoms with E-state index in [4.69, 9.17) is 9.72 Å². The molecule has 41 heavy (non-hydrogen) atoms. The highest BCUT2D eigenvalue weighted by Crippen LogP contribution is 2.37. The summed E-state index contributed by atoms with van der Waals surface area (Å²) in [6, 6.07) is 21.3. The van der Waals surface area contributed by atoms with Gasteiger partial charge in [-0.15, -0.1) is 0 Å². The number of ether oxygens (including phenoxy) is 1. The van der Waals surface area contributed by atoms with E-state index in [-0.39, 0.29) is 23.1 Å². The third-order valence-electron chi connectivity index (χ3n) is 7.07. The number of aromatic nitrogens is 2. The number of thioether (sulfide) groups is 1. The van der Waals surface area contributed by atoms with Crippen molar-refractivity contribution in [1.82, 2.24) is 19.8 Å². The normalized spacial score (nSPS) is 15.8. The molecular formula is C32H38N4O4S. The first-order chi connectivity index (χ1) is 19.6. The van der Waals surface area contributed by atoms with Crippen LogP contribution in [-0.2, 0) is 20.9 Å². The molecule has 4 aromatic rings. The first-order valence-corrected chi connectivity index (χ1v) is 14.7. The topological polar surface area (TPSA) is 93.5 Å². The fourth-order valence-corrected chi connectivity index (χ4v) is 5.85. The molecule has 0 radical (unpaired) electrons. The Labute approximate surface area is 245 Å². The summed E-state index contributed by atoms with van der Waals surface area (Å²) in [5, 5.41) is 5.31. The molecule has 1 saturated heterocycles. The second-order valence-electron chi connectivity index (χ2n) is 10.9. The highest BCUT2D eigenvalue weighted by atomic mass is 32.2. The molecule has 5 rings (SSSR count). The van der Waals surface area contributed by atoms with Gasteiger partial charge in [-0.3, -0.25) is 19.0 Å². The summed E-state index contributed by atoms with van der Waals surface area (Å²) in [5.74, 6) is -0.0492. The fourth-order valence-electron chi connectivity index (χ4n) is 4.61. The quantitative estimate of drug-likeness (QED) is 0.142. The van der Waals surface area contributed by atoms with Gasteiger partial charge in [0.25, 0.3) is 5.56 Å². The molecule has 216 valence electrons. The highest BCUT2D eigenvalue weighted by molar-refractivity contribution is 8.00.